The topological polar surface area (TPSA) is 26.3 Å². The molecule has 0 amide bonds. The minimum absolute atomic E-state index is 0.0387. The number of hydrogen-bond acceptors (Lipinski definition) is 4. The Kier molecular flexibility index (Phi) is 8.50. The van der Waals surface area contributed by atoms with E-state index in [0.29, 0.717) is 13.0 Å². The first kappa shape index (κ1) is 19.7. The predicted molar refractivity (Wildman–Crippen MR) is 105 cm³/mol. The zero-order valence-corrected chi connectivity index (χ0v) is 16.5. The van der Waals surface area contributed by atoms with Gasteiger partial charge < -0.3 is 9.22 Å². The molecule has 0 aliphatic carbocycles. The molecule has 1 heterocycles. The van der Waals surface area contributed by atoms with Crippen molar-refractivity contribution in [3.63, 3.8) is 0 Å². The van der Waals surface area contributed by atoms with Crippen LogP contribution in [0, 0.1) is 0 Å². The molecule has 0 unspecified atom stereocenters. The summed E-state index contributed by atoms with van der Waals surface area (Å²) < 4.78 is 6.25. The lowest BCUT2D eigenvalue weighted by atomic mass is 10.1. The molecule has 134 valence electrons. The van der Waals surface area contributed by atoms with E-state index in [1.165, 1.54) is 24.2 Å². The molecule has 0 bridgehead atoms. The number of ether oxygens (including phenoxy) is 1. The molecule has 0 saturated carbocycles. The summed E-state index contributed by atoms with van der Waals surface area (Å²) in [5.74, 6) is 1.25. The highest BCUT2D eigenvalue weighted by atomic mass is 33.1. The Labute approximate surface area is 154 Å². The molecule has 1 fully saturated rings. The Morgan fingerprint density at radius 2 is 2.04 bits per heavy atom. The number of likely N-dealkylation sites (N-methyl/N-ethyl adjacent to an activating group) is 1. The first-order valence-electron chi connectivity index (χ1n) is 8.85. The van der Waals surface area contributed by atoms with Crippen LogP contribution in [0.5, 0.6) is 0 Å². The average molecular weight is 369 g/mol. The van der Waals surface area contributed by atoms with E-state index in [2.05, 4.69) is 38.4 Å². The predicted octanol–water partition coefficient (Wildman–Crippen LogP) is 4.52. The second-order valence-corrected chi connectivity index (χ2v) is 9.89. The zero-order chi connectivity index (χ0) is 17.3. The minimum atomic E-state index is -0.0387. The van der Waals surface area contributed by atoms with E-state index in [1.54, 1.807) is 0 Å². The molecular formula is C19H30NO2S2+. The van der Waals surface area contributed by atoms with Crippen molar-refractivity contribution >= 4 is 27.6 Å². The van der Waals surface area contributed by atoms with Gasteiger partial charge in [-0.15, -0.1) is 0 Å². The Morgan fingerprint density at radius 3 is 2.75 bits per heavy atom. The van der Waals surface area contributed by atoms with Crippen LogP contribution in [-0.2, 0) is 16.1 Å². The SMILES string of the molecule is C[N+](C)(CCOC(=O)CCCC[C@@H]1CCSS1)Cc1ccccc1. The number of carbonyl (C=O) groups excluding carboxylic acids is 1. The Bertz CT molecular complexity index is 487. The van der Waals surface area contributed by atoms with Gasteiger partial charge in [0.2, 0.25) is 0 Å². The average Bonchev–Trinajstić information content (AvgIpc) is 3.05. The van der Waals surface area contributed by atoms with Crippen molar-refractivity contribution in [2.24, 2.45) is 0 Å². The van der Waals surface area contributed by atoms with E-state index < -0.39 is 0 Å². The summed E-state index contributed by atoms with van der Waals surface area (Å²) in [7, 11) is 8.36. The molecule has 1 atom stereocenters. The fraction of sp³-hybridized carbons (Fsp3) is 0.632. The first-order chi connectivity index (χ1) is 11.6. The highest BCUT2D eigenvalue weighted by Gasteiger charge is 2.18. The second-order valence-electron chi connectivity index (χ2n) is 7.10. The molecule has 1 aromatic carbocycles. The van der Waals surface area contributed by atoms with E-state index in [1.807, 2.05) is 27.7 Å². The maximum Gasteiger partial charge on any atom is 0.305 e. The van der Waals surface area contributed by atoms with Gasteiger partial charge in [0.25, 0.3) is 0 Å². The minimum Gasteiger partial charge on any atom is -0.460 e. The van der Waals surface area contributed by atoms with E-state index >= 15 is 0 Å². The number of rotatable bonds is 10. The number of nitrogens with zero attached hydrogens (tertiary/aromatic N) is 1. The summed E-state index contributed by atoms with van der Waals surface area (Å²) in [5, 5.41) is 0.808. The van der Waals surface area contributed by atoms with Crippen LogP contribution in [0.2, 0.25) is 0 Å². The zero-order valence-electron chi connectivity index (χ0n) is 14.9. The molecule has 1 aliphatic heterocycles. The highest BCUT2D eigenvalue weighted by Crippen LogP contribution is 2.39. The molecule has 1 saturated heterocycles. The Morgan fingerprint density at radius 1 is 1.25 bits per heavy atom. The summed E-state index contributed by atoms with van der Waals surface area (Å²) in [6, 6.07) is 10.5. The number of carbonyl (C=O) groups is 1. The van der Waals surface area contributed by atoms with Crippen molar-refractivity contribution in [1.29, 1.82) is 0 Å². The van der Waals surface area contributed by atoms with Gasteiger partial charge >= 0.3 is 5.97 Å². The number of benzene rings is 1. The van der Waals surface area contributed by atoms with Crippen LogP contribution in [0.15, 0.2) is 30.3 Å². The molecule has 0 aromatic heterocycles. The van der Waals surface area contributed by atoms with Gasteiger partial charge in [0.05, 0.1) is 14.1 Å². The second kappa shape index (κ2) is 10.4. The lowest BCUT2D eigenvalue weighted by Crippen LogP contribution is -2.41. The van der Waals surface area contributed by atoms with Crippen molar-refractivity contribution < 1.29 is 14.0 Å². The van der Waals surface area contributed by atoms with Gasteiger partial charge in [0.15, 0.2) is 0 Å². The van der Waals surface area contributed by atoms with Crippen molar-refractivity contribution in [1.82, 2.24) is 0 Å². The Hall–Kier alpha value is -0.650. The van der Waals surface area contributed by atoms with Gasteiger partial charge in [-0.1, -0.05) is 58.3 Å². The van der Waals surface area contributed by atoms with Crippen molar-refractivity contribution in [3.8, 4) is 0 Å². The third-order valence-electron chi connectivity index (χ3n) is 4.30. The molecule has 1 aliphatic rings. The smallest absolute Gasteiger partial charge is 0.305 e. The molecule has 2 rings (SSSR count). The molecule has 0 radical (unpaired) electrons. The molecule has 1 aromatic rings. The lowest BCUT2D eigenvalue weighted by Gasteiger charge is -2.29. The first-order valence-corrected chi connectivity index (χ1v) is 11.2. The fourth-order valence-electron chi connectivity index (χ4n) is 2.84. The monoisotopic (exact) mass is 368 g/mol. The number of unbranched alkanes of at least 4 members (excludes halogenated alkanes) is 1. The van der Waals surface area contributed by atoms with Crippen LogP contribution in [0.25, 0.3) is 0 Å². The molecule has 0 N–H and O–H groups in total. The van der Waals surface area contributed by atoms with Gasteiger partial charge in [-0.2, -0.15) is 0 Å². The fourth-order valence-corrected chi connectivity index (χ4v) is 5.87. The van der Waals surface area contributed by atoms with E-state index in [0.717, 1.165) is 35.7 Å². The Balaban J connectivity index is 1.54. The van der Waals surface area contributed by atoms with E-state index in [9.17, 15) is 4.79 Å². The summed E-state index contributed by atoms with van der Waals surface area (Å²) >= 11 is 0. The number of quaternary nitrogens is 1. The van der Waals surface area contributed by atoms with Gasteiger partial charge in [0, 0.05) is 23.0 Å². The van der Waals surface area contributed by atoms with Crippen molar-refractivity contribution in [2.45, 2.75) is 43.9 Å². The van der Waals surface area contributed by atoms with Crippen LogP contribution in [0.4, 0.5) is 0 Å². The van der Waals surface area contributed by atoms with Crippen LogP contribution in [0.1, 0.15) is 37.7 Å². The molecule has 0 spiro atoms. The quantitative estimate of drug-likeness (QED) is 0.262. The number of hydrogen-bond donors (Lipinski definition) is 0. The lowest BCUT2D eigenvalue weighted by molar-refractivity contribution is -0.903. The molecular weight excluding hydrogens is 338 g/mol. The normalized spacial score (nSPS) is 17.8. The maximum absolute atomic E-state index is 11.8. The third-order valence-corrected chi connectivity index (χ3v) is 7.30. The van der Waals surface area contributed by atoms with Crippen LogP contribution >= 0.6 is 21.6 Å². The largest absolute Gasteiger partial charge is 0.460 e. The van der Waals surface area contributed by atoms with Crippen molar-refractivity contribution in [2.75, 3.05) is 33.0 Å². The summed E-state index contributed by atoms with van der Waals surface area (Å²) in [6.45, 7) is 2.31. The van der Waals surface area contributed by atoms with Gasteiger partial charge in [-0.05, 0) is 19.3 Å². The van der Waals surface area contributed by atoms with Gasteiger partial charge in [-0.3, -0.25) is 4.79 Å². The summed E-state index contributed by atoms with van der Waals surface area (Å²) in [6.07, 6.45) is 5.24. The molecule has 24 heavy (non-hydrogen) atoms. The summed E-state index contributed by atoms with van der Waals surface area (Å²) in [4.78, 5) is 11.8. The van der Waals surface area contributed by atoms with Crippen molar-refractivity contribution in [3.05, 3.63) is 35.9 Å². The van der Waals surface area contributed by atoms with Gasteiger partial charge in [-0.25, -0.2) is 0 Å². The van der Waals surface area contributed by atoms with E-state index in [4.69, 9.17) is 4.74 Å². The highest BCUT2D eigenvalue weighted by molar-refractivity contribution is 8.77. The van der Waals surface area contributed by atoms with Crippen LogP contribution in [0.3, 0.4) is 0 Å². The summed E-state index contributed by atoms with van der Waals surface area (Å²) in [5.41, 5.74) is 1.32. The number of esters is 1. The van der Waals surface area contributed by atoms with Gasteiger partial charge in [0.1, 0.15) is 19.7 Å². The van der Waals surface area contributed by atoms with Crippen LogP contribution in [-0.4, -0.2) is 48.7 Å². The standard InChI is InChI=1S/C19H30NO2S2/c1-20(2,16-17-8-4-3-5-9-17)13-14-22-19(21)11-7-6-10-18-12-15-23-24-18/h3-5,8-9,18H,6-7,10-16H2,1-2H3/q+1/t18-/m1/s1. The van der Waals surface area contributed by atoms with Crippen LogP contribution < -0.4 is 0 Å². The third kappa shape index (κ3) is 7.95. The molecule has 3 nitrogen and oxygen atoms in total. The maximum atomic E-state index is 11.8. The molecule has 5 heteroatoms. The van der Waals surface area contributed by atoms with E-state index in [-0.39, 0.29) is 5.97 Å².